The number of ketones is 1. The summed E-state index contributed by atoms with van der Waals surface area (Å²) >= 11 is 2.96. The van der Waals surface area contributed by atoms with E-state index in [-0.39, 0.29) is 117 Å². The van der Waals surface area contributed by atoms with Crippen LogP contribution < -0.4 is 10.6 Å². The van der Waals surface area contributed by atoms with E-state index in [0.717, 1.165) is 54.4 Å². The van der Waals surface area contributed by atoms with Gasteiger partial charge >= 0.3 is 17.9 Å². The van der Waals surface area contributed by atoms with Crippen molar-refractivity contribution in [2.45, 2.75) is 257 Å². The predicted molar refractivity (Wildman–Crippen MR) is 405 cm³/mol. The number of carbonyl (C=O) groups is 6. The molecule has 4 unspecified atom stereocenters. The van der Waals surface area contributed by atoms with E-state index in [4.69, 9.17) is 23.9 Å². The van der Waals surface area contributed by atoms with Crippen LogP contribution in [0, 0.1) is 63.1 Å². The number of aliphatic imine (C=N–C) groups is 1. The van der Waals surface area contributed by atoms with E-state index in [0.29, 0.717) is 84.6 Å². The first kappa shape index (κ1) is 81.5. The lowest BCUT2D eigenvalue weighted by Gasteiger charge is -2.50. The van der Waals surface area contributed by atoms with Crippen molar-refractivity contribution >= 4 is 76.8 Å². The van der Waals surface area contributed by atoms with Gasteiger partial charge in [0.15, 0.2) is 0 Å². The molecule has 98 heavy (non-hydrogen) atoms. The molecule has 2 amide bonds. The van der Waals surface area contributed by atoms with Gasteiger partial charge in [0.05, 0.1) is 28.2 Å². The number of hydrogen-bond acceptors (Lipinski definition) is 13. The lowest BCUT2D eigenvalue weighted by atomic mass is 9.59. The molecular formula is C82H124N4O10S2. The Labute approximate surface area is 598 Å². The van der Waals surface area contributed by atoms with Gasteiger partial charge in [-0.25, -0.2) is 14.6 Å². The highest BCUT2D eigenvalue weighted by molar-refractivity contribution is 8.01. The minimum absolute atomic E-state index is 0.0272. The van der Waals surface area contributed by atoms with Gasteiger partial charge < -0.3 is 34.6 Å². The van der Waals surface area contributed by atoms with Crippen LogP contribution in [0.2, 0.25) is 0 Å². The molecule has 2 aromatic carbocycles. The number of aromatic nitrogens is 1. The lowest BCUT2D eigenvalue weighted by Crippen LogP contribution is -2.50. The summed E-state index contributed by atoms with van der Waals surface area (Å²) in [6.07, 6.45) is 7.69. The first-order valence-electron chi connectivity index (χ1n) is 36.6. The largest absolute Gasteiger partial charge is 0.465 e. The number of benzene rings is 2. The summed E-state index contributed by atoms with van der Waals surface area (Å²) in [4.78, 5) is 96.2. The number of allylic oxidation sites excluding steroid dienone is 1. The Kier molecular flexibility index (Phi) is 28.3. The monoisotopic (exact) mass is 1390 g/mol. The van der Waals surface area contributed by atoms with E-state index in [1.807, 2.05) is 110 Å². The van der Waals surface area contributed by atoms with E-state index in [2.05, 4.69) is 113 Å². The number of aromatic amines is 1. The third kappa shape index (κ3) is 20.4. The number of rotatable bonds is 28. The Bertz CT molecular complexity index is 3290. The van der Waals surface area contributed by atoms with Crippen molar-refractivity contribution in [2.24, 2.45) is 68.1 Å². The van der Waals surface area contributed by atoms with Crippen LogP contribution in [0.3, 0.4) is 0 Å². The van der Waals surface area contributed by atoms with Crippen LogP contribution in [-0.4, -0.2) is 99.9 Å². The first-order chi connectivity index (χ1) is 45.7. The van der Waals surface area contributed by atoms with Gasteiger partial charge in [0.25, 0.3) is 0 Å². The minimum atomic E-state index is -1.03. The number of ether oxygens (including phenoxy) is 4. The average molecular weight is 1390 g/mol. The predicted octanol–water partition coefficient (Wildman–Crippen LogP) is 18.6. The van der Waals surface area contributed by atoms with Crippen molar-refractivity contribution in [1.82, 2.24) is 10.3 Å². The number of anilines is 1. The third-order valence-electron chi connectivity index (χ3n) is 21.3. The maximum absolute atomic E-state index is 15.9. The SMILES string of the molecule is CCC(CC)(SCCOC(=O)Cc1ccc(Cc2ccc(CC(C)=O)cc2)cc1)C(=O)NC1=NC(=Cc2[nH]c(NC(=O)C(CC)(CC)SCCOC)c(C(=O)OC3C(C(C)(C)C)CC(C)CC3C(C)(C)C)c2C(C)C)C(C(C)C)=C1C(=O)OC1C(C(C)(C)C)CC(C)CC1C(C)(C)C. The first-order valence-corrected chi connectivity index (χ1v) is 38.6. The molecule has 16 heteroatoms. The summed E-state index contributed by atoms with van der Waals surface area (Å²) in [7, 11) is 1.65. The van der Waals surface area contributed by atoms with Gasteiger partial charge in [-0.15, -0.1) is 23.5 Å². The van der Waals surface area contributed by atoms with E-state index in [1.54, 1.807) is 25.8 Å². The Morgan fingerprint density at radius 1 is 0.582 bits per heavy atom. The van der Waals surface area contributed by atoms with Crippen molar-refractivity contribution in [3.05, 3.63) is 104 Å². The number of amidine groups is 1. The van der Waals surface area contributed by atoms with E-state index in [1.165, 1.54) is 11.8 Å². The highest BCUT2D eigenvalue weighted by Gasteiger charge is 2.51. The van der Waals surface area contributed by atoms with Gasteiger partial charge in [-0.2, -0.15) is 0 Å². The Morgan fingerprint density at radius 2 is 0.990 bits per heavy atom. The summed E-state index contributed by atoms with van der Waals surface area (Å²) < 4.78 is 23.5. The van der Waals surface area contributed by atoms with Gasteiger partial charge in [-0.05, 0) is 150 Å². The van der Waals surface area contributed by atoms with Gasteiger partial charge in [0.2, 0.25) is 11.8 Å². The number of thioether (sulfide) groups is 2. The normalized spacial score (nSPS) is 21.7. The van der Waals surface area contributed by atoms with E-state index < -0.39 is 33.6 Å². The van der Waals surface area contributed by atoms with Crippen molar-refractivity contribution < 1.29 is 47.7 Å². The molecule has 2 aliphatic carbocycles. The number of methoxy groups -OCH3 is 1. The molecule has 1 aromatic heterocycles. The fourth-order valence-corrected chi connectivity index (χ4v) is 17.8. The molecule has 0 saturated heterocycles. The number of nitrogens with zero attached hydrogens (tertiary/aromatic N) is 1. The number of hydrogen-bond donors (Lipinski definition) is 3. The fraction of sp³-hybridized carbons (Fsp3) is 0.671. The summed E-state index contributed by atoms with van der Waals surface area (Å²) in [5.41, 5.74) is 5.77. The smallest absolute Gasteiger partial charge is 0.342 e. The molecular weight excluding hydrogens is 1270 g/mol. The maximum Gasteiger partial charge on any atom is 0.342 e. The standard InChI is InChI=1S/C82H124N4O10S2/c1-25-81(26-2,97-39-37-93-24)75(91)85-71-67(73(89)95-69-58(77(12,13)14)41-51(9)42-59(69)78(15,16)17)65(49(5)6)62(83-71)48-63-66(50(7)8)68(74(90)96-70-60(79(18,19)20)43-52(10)44-61(70)80(21,22)23)72(84-63)86-76(92)82(27-3,28-4)98-40-38-94-64(88)47-57-35-33-56(34-36-57)46-55-31-29-54(30-32-55)45-53(11)87/h29-36,48-52,58-61,69-70,83H,25-28,37-47H2,1-24H3,(H,85,91)(H,84,86,92). The lowest BCUT2D eigenvalue weighted by molar-refractivity contribution is -0.164. The Morgan fingerprint density at radius 3 is 1.39 bits per heavy atom. The molecule has 14 nitrogen and oxygen atoms in total. The van der Waals surface area contributed by atoms with Crippen molar-refractivity contribution in [2.75, 3.05) is 37.1 Å². The summed E-state index contributed by atoms with van der Waals surface area (Å²) in [5.74, 6) is -0.342. The summed E-state index contributed by atoms with van der Waals surface area (Å²) in [6.45, 7) is 49.5. The molecule has 3 aliphatic rings. The number of carbonyl (C=O) groups excluding carboxylic acids is 6. The molecule has 0 radical (unpaired) electrons. The highest BCUT2D eigenvalue weighted by atomic mass is 32.2. The van der Waals surface area contributed by atoms with Crippen LogP contribution in [0.4, 0.5) is 5.82 Å². The Balaban J connectivity index is 1.44. The zero-order valence-electron chi connectivity index (χ0n) is 64.4. The number of Topliss-reactive ketones (excluding diaryl/α,β-unsaturated/α-hetero) is 1. The molecule has 2 heterocycles. The van der Waals surface area contributed by atoms with Crippen LogP contribution in [0.15, 0.2) is 70.4 Å². The van der Waals surface area contributed by atoms with Crippen LogP contribution in [0.5, 0.6) is 0 Å². The number of H-pyrrole nitrogens is 1. The highest BCUT2D eigenvalue weighted by Crippen LogP contribution is 2.53. The van der Waals surface area contributed by atoms with Gasteiger partial charge in [-0.1, -0.05) is 201 Å². The van der Waals surface area contributed by atoms with Crippen LogP contribution >= 0.6 is 23.5 Å². The van der Waals surface area contributed by atoms with E-state index >= 15 is 19.2 Å². The van der Waals surface area contributed by atoms with Gasteiger partial charge in [-0.3, -0.25) is 19.2 Å². The number of esters is 3. The van der Waals surface area contributed by atoms with Crippen LogP contribution in [0.25, 0.3) is 6.08 Å². The summed E-state index contributed by atoms with van der Waals surface area (Å²) in [6, 6.07) is 16.0. The average Bonchev–Trinajstić information content (AvgIpc) is 1.63. The molecule has 1 aliphatic heterocycles. The van der Waals surface area contributed by atoms with Crippen molar-refractivity contribution in [3.8, 4) is 0 Å². The number of amides is 2. The zero-order valence-corrected chi connectivity index (χ0v) is 66.1. The Hall–Kier alpha value is -5.45. The molecule has 6 rings (SSSR count). The van der Waals surface area contributed by atoms with Crippen LogP contribution in [0.1, 0.15) is 260 Å². The van der Waals surface area contributed by atoms with Crippen LogP contribution in [-0.2, 0) is 62.2 Å². The fourth-order valence-electron chi connectivity index (χ4n) is 15.4. The molecule has 2 saturated carbocycles. The van der Waals surface area contributed by atoms with Gasteiger partial charge in [0.1, 0.15) is 47.4 Å². The van der Waals surface area contributed by atoms with Gasteiger partial charge in [0, 0.05) is 54.4 Å². The second kappa shape index (κ2) is 34.0. The zero-order chi connectivity index (χ0) is 73.2. The third-order valence-corrected chi connectivity index (χ3v) is 24.7. The molecule has 2 fully saturated rings. The minimum Gasteiger partial charge on any atom is -0.465 e. The molecule has 0 bridgehead atoms. The number of nitrogens with one attached hydrogen (secondary N) is 3. The molecule has 544 valence electrons. The quantitative estimate of drug-likeness (QED) is 0.0355. The maximum atomic E-state index is 15.9. The molecule has 3 N–H and O–H groups in total. The topological polar surface area (TPSA) is 192 Å². The summed E-state index contributed by atoms with van der Waals surface area (Å²) in [5, 5.41) is 6.52. The second-order valence-corrected chi connectivity index (χ2v) is 36.6. The van der Waals surface area contributed by atoms with Crippen molar-refractivity contribution in [3.63, 3.8) is 0 Å². The van der Waals surface area contributed by atoms with E-state index in [9.17, 15) is 9.59 Å². The molecule has 0 spiro atoms. The molecule has 3 aromatic rings. The second-order valence-electron chi connectivity index (χ2n) is 33.7. The molecule has 4 atom stereocenters. The van der Waals surface area contributed by atoms with Crippen molar-refractivity contribution in [1.29, 1.82) is 0 Å².